The molecule has 0 amide bonds. The summed E-state index contributed by atoms with van der Waals surface area (Å²) in [6.07, 6.45) is 1.68. The van der Waals surface area contributed by atoms with Gasteiger partial charge in [-0.1, -0.05) is 0 Å². The molecule has 1 fully saturated rings. The summed E-state index contributed by atoms with van der Waals surface area (Å²) in [5.41, 5.74) is 1.27. The van der Waals surface area contributed by atoms with Crippen LogP contribution in [-0.4, -0.2) is 66.4 Å². The molecule has 1 aromatic heterocycles. The molecule has 0 radical (unpaired) electrons. The Bertz CT molecular complexity index is 698. The Morgan fingerprint density at radius 1 is 1.17 bits per heavy atom. The number of rotatable bonds is 4. The van der Waals surface area contributed by atoms with Gasteiger partial charge < -0.3 is 19.9 Å². The molecule has 126 valence electrons. The molecule has 1 aliphatic rings. The Balaban J connectivity index is 1.69. The number of ether oxygens (including phenoxy) is 1. The van der Waals surface area contributed by atoms with E-state index in [1.54, 1.807) is 30.5 Å². The maximum absolute atomic E-state index is 11.4. The van der Waals surface area contributed by atoms with Crippen molar-refractivity contribution >= 4 is 23.4 Å². The van der Waals surface area contributed by atoms with Crippen LogP contribution in [0.2, 0.25) is 0 Å². The fourth-order valence-electron chi connectivity index (χ4n) is 2.47. The number of aromatic nitrogens is 3. The van der Waals surface area contributed by atoms with Crippen molar-refractivity contribution in [3.63, 3.8) is 0 Å². The van der Waals surface area contributed by atoms with Crippen LogP contribution < -0.4 is 10.2 Å². The smallest absolute Gasteiger partial charge is 0.337 e. The molecule has 0 spiro atoms. The molecule has 0 unspecified atom stereocenters. The van der Waals surface area contributed by atoms with E-state index in [-0.39, 0.29) is 5.97 Å². The van der Waals surface area contributed by atoms with Crippen LogP contribution in [0.5, 0.6) is 0 Å². The van der Waals surface area contributed by atoms with Gasteiger partial charge in [0.15, 0.2) is 5.82 Å². The Morgan fingerprint density at radius 3 is 2.54 bits per heavy atom. The number of hydrogen-bond donors (Lipinski definition) is 1. The Morgan fingerprint density at radius 2 is 1.88 bits per heavy atom. The van der Waals surface area contributed by atoms with Gasteiger partial charge in [-0.2, -0.15) is 10.1 Å². The molecule has 3 rings (SSSR count). The lowest BCUT2D eigenvalue weighted by Crippen LogP contribution is -2.44. The first-order chi connectivity index (χ1) is 11.7. The molecule has 0 saturated carbocycles. The van der Waals surface area contributed by atoms with Gasteiger partial charge in [-0.3, -0.25) is 0 Å². The minimum absolute atomic E-state index is 0.364. The second-order valence-corrected chi connectivity index (χ2v) is 5.62. The Kier molecular flexibility index (Phi) is 4.85. The molecule has 1 N–H and O–H groups in total. The molecule has 0 aliphatic carbocycles. The van der Waals surface area contributed by atoms with Crippen LogP contribution in [0.3, 0.4) is 0 Å². The van der Waals surface area contributed by atoms with Gasteiger partial charge in [0.2, 0.25) is 5.95 Å². The van der Waals surface area contributed by atoms with Crippen molar-refractivity contribution in [2.45, 2.75) is 0 Å². The average molecular weight is 328 g/mol. The molecule has 8 heteroatoms. The number of esters is 1. The number of methoxy groups -OCH3 is 1. The summed E-state index contributed by atoms with van der Waals surface area (Å²) in [4.78, 5) is 20.4. The van der Waals surface area contributed by atoms with E-state index in [1.807, 2.05) is 0 Å². The summed E-state index contributed by atoms with van der Waals surface area (Å²) in [5.74, 6) is 0.876. The summed E-state index contributed by atoms with van der Waals surface area (Å²) in [5, 5.41) is 11.1. The van der Waals surface area contributed by atoms with E-state index >= 15 is 0 Å². The van der Waals surface area contributed by atoms with Crippen molar-refractivity contribution in [1.29, 1.82) is 0 Å². The third-order valence-electron chi connectivity index (χ3n) is 3.94. The van der Waals surface area contributed by atoms with Crippen LogP contribution in [0.4, 0.5) is 17.5 Å². The molecule has 2 aromatic rings. The van der Waals surface area contributed by atoms with Crippen LogP contribution in [0.1, 0.15) is 10.4 Å². The van der Waals surface area contributed by atoms with Gasteiger partial charge in [-0.05, 0) is 31.3 Å². The van der Waals surface area contributed by atoms with E-state index < -0.39 is 0 Å². The van der Waals surface area contributed by atoms with Crippen LogP contribution in [-0.2, 0) is 4.74 Å². The molecule has 1 aliphatic heterocycles. The van der Waals surface area contributed by atoms with Crippen molar-refractivity contribution in [2.75, 3.05) is 50.6 Å². The summed E-state index contributed by atoms with van der Waals surface area (Å²) in [6.45, 7) is 3.84. The zero-order valence-electron chi connectivity index (χ0n) is 13.8. The first-order valence-electron chi connectivity index (χ1n) is 7.74. The maximum Gasteiger partial charge on any atom is 0.337 e. The minimum atomic E-state index is -0.364. The number of carbonyl (C=O) groups is 1. The molecule has 8 nitrogen and oxygen atoms in total. The lowest BCUT2D eigenvalue weighted by molar-refractivity contribution is 0.0601. The fourth-order valence-corrected chi connectivity index (χ4v) is 2.47. The summed E-state index contributed by atoms with van der Waals surface area (Å²) in [6, 6.07) is 6.92. The first-order valence-corrected chi connectivity index (χ1v) is 7.74. The predicted molar refractivity (Wildman–Crippen MR) is 90.6 cm³/mol. The molecule has 0 bridgehead atoms. The van der Waals surface area contributed by atoms with Gasteiger partial charge in [-0.15, -0.1) is 5.10 Å². The van der Waals surface area contributed by atoms with Gasteiger partial charge in [0, 0.05) is 31.9 Å². The van der Waals surface area contributed by atoms with Gasteiger partial charge in [0.25, 0.3) is 0 Å². The number of benzene rings is 1. The Labute approximate surface area is 140 Å². The second kappa shape index (κ2) is 7.22. The minimum Gasteiger partial charge on any atom is -0.465 e. The number of anilines is 3. The molecular formula is C16H20N6O2. The van der Waals surface area contributed by atoms with E-state index in [2.05, 4.69) is 42.1 Å². The lowest BCUT2D eigenvalue weighted by Gasteiger charge is -2.32. The van der Waals surface area contributed by atoms with Crippen molar-refractivity contribution < 1.29 is 9.53 Å². The average Bonchev–Trinajstić information content (AvgIpc) is 2.62. The van der Waals surface area contributed by atoms with E-state index in [0.29, 0.717) is 11.5 Å². The molecular weight excluding hydrogens is 308 g/mol. The van der Waals surface area contributed by atoms with Crippen LogP contribution >= 0.6 is 0 Å². The number of piperazine rings is 1. The highest BCUT2D eigenvalue weighted by molar-refractivity contribution is 5.89. The maximum atomic E-state index is 11.4. The number of likely N-dealkylation sites (N-methyl/N-ethyl adjacent to an activating group) is 1. The van der Waals surface area contributed by atoms with Crippen molar-refractivity contribution in [3.8, 4) is 0 Å². The number of nitrogens with zero attached hydrogens (tertiary/aromatic N) is 5. The standard InChI is InChI=1S/C16H20N6O2/c1-21-7-9-22(10-8-21)14-11-17-20-16(19-14)18-13-5-3-12(4-6-13)15(23)24-2/h3-6,11H,7-10H2,1-2H3,(H,18,19,20). The van der Waals surface area contributed by atoms with Crippen LogP contribution in [0.25, 0.3) is 0 Å². The van der Waals surface area contributed by atoms with Crippen molar-refractivity contribution in [3.05, 3.63) is 36.0 Å². The second-order valence-electron chi connectivity index (χ2n) is 5.62. The first kappa shape index (κ1) is 16.1. The molecule has 0 atom stereocenters. The summed E-state index contributed by atoms with van der Waals surface area (Å²) in [7, 11) is 3.47. The van der Waals surface area contributed by atoms with Gasteiger partial charge in [0.1, 0.15) is 0 Å². The number of hydrogen-bond acceptors (Lipinski definition) is 8. The Hall–Kier alpha value is -2.74. The van der Waals surface area contributed by atoms with E-state index in [4.69, 9.17) is 0 Å². The monoisotopic (exact) mass is 328 g/mol. The molecule has 2 heterocycles. The molecule has 1 aromatic carbocycles. The third kappa shape index (κ3) is 3.77. The molecule has 1 saturated heterocycles. The SMILES string of the molecule is COC(=O)c1ccc(Nc2nncc(N3CCN(C)CC3)n2)cc1. The number of carbonyl (C=O) groups excluding carboxylic acids is 1. The van der Waals surface area contributed by atoms with Gasteiger partial charge in [-0.25, -0.2) is 4.79 Å². The van der Waals surface area contributed by atoms with Crippen LogP contribution in [0, 0.1) is 0 Å². The zero-order valence-corrected chi connectivity index (χ0v) is 13.8. The van der Waals surface area contributed by atoms with Crippen LogP contribution in [0.15, 0.2) is 30.5 Å². The highest BCUT2D eigenvalue weighted by Gasteiger charge is 2.16. The van der Waals surface area contributed by atoms with E-state index in [1.165, 1.54) is 7.11 Å². The zero-order chi connectivity index (χ0) is 16.9. The lowest BCUT2D eigenvalue weighted by atomic mass is 10.2. The highest BCUT2D eigenvalue weighted by atomic mass is 16.5. The normalized spacial score (nSPS) is 15.2. The number of nitrogens with one attached hydrogen (secondary N) is 1. The molecule has 24 heavy (non-hydrogen) atoms. The predicted octanol–water partition coefficient (Wildman–Crippen LogP) is 1.15. The topological polar surface area (TPSA) is 83.5 Å². The van der Waals surface area contributed by atoms with Crippen molar-refractivity contribution in [1.82, 2.24) is 20.1 Å². The van der Waals surface area contributed by atoms with E-state index in [0.717, 1.165) is 37.7 Å². The third-order valence-corrected chi connectivity index (χ3v) is 3.94. The summed E-state index contributed by atoms with van der Waals surface area (Å²) < 4.78 is 4.68. The fraction of sp³-hybridized carbons (Fsp3) is 0.375. The largest absolute Gasteiger partial charge is 0.465 e. The summed E-state index contributed by atoms with van der Waals surface area (Å²) >= 11 is 0. The quantitative estimate of drug-likeness (QED) is 0.837. The van der Waals surface area contributed by atoms with Crippen molar-refractivity contribution in [2.24, 2.45) is 0 Å². The van der Waals surface area contributed by atoms with Gasteiger partial charge >= 0.3 is 5.97 Å². The highest BCUT2D eigenvalue weighted by Crippen LogP contribution is 2.17. The van der Waals surface area contributed by atoms with Gasteiger partial charge in [0.05, 0.1) is 18.9 Å². The van der Waals surface area contributed by atoms with E-state index in [9.17, 15) is 4.79 Å².